The van der Waals surface area contributed by atoms with Gasteiger partial charge in [-0.2, -0.15) is 0 Å². The number of nitrogens with zero attached hydrogens (tertiary/aromatic N) is 3. The molecule has 4 rings (SSSR count). The highest BCUT2D eigenvalue weighted by molar-refractivity contribution is 7.10. The van der Waals surface area contributed by atoms with E-state index in [-0.39, 0.29) is 18.4 Å². The predicted octanol–water partition coefficient (Wildman–Crippen LogP) is 4.67. The predicted molar refractivity (Wildman–Crippen MR) is 170 cm³/mol. The fourth-order valence-electron chi connectivity index (χ4n) is 5.55. The zero-order chi connectivity index (χ0) is 32.4. The van der Waals surface area contributed by atoms with Crippen molar-refractivity contribution in [2.45, 2.75) is 98.4 Å². The SMILES string of the molecule is CCn1c(C)c(CC(C)(C)CO)c2cc(-c3csc(C[C@H](NC(=O)OC(C)(C)C)C(=O)N4CCC[C@@H](C(=O)O)N4)n3)ccc21. The van der Waals surface area contributed by atoms with E-state index in [1.807, 2.05) is 11.4 Å². The zero-order valence-corrected chi connectivity index (χ0v) is 27.5. The molecule has 0 bridgehead atoms. The van der Waals surface area contributed by atoms with Crippen molar-refractivity contribution < 1.29 is 29.3 Å². The first kappa shape index (κ1) is 33.4. The van der Waals surface area contributed by atoms with Crippen molar-refractivity contribution in [1.82, 2.24) is 25.3 Å². The number of carboxylic acids is 1. The largest absolute Gasteiger partial charge is 0.480 e. The number of carbonyl (C=O) groups is 3. The monoisotopic (exact) mass is 627 g/mol. The van der Waals surface area contributed by atoms with Crippen LogP contribution in [0.3, 0.4) is 0 Å². The van der Waals surface area contributed by atoms with E-state index in [9.17, 15) is 24.6 Å². The van der Waals surface area contributed by atoms with Crippen molar-refractivity contribution in [3.63, 3.8) is 0 Å². The number of hydrogen-bond acceptors (Lipinski definition) is 8. The summed E-state index contributed by atoms with van der Waals surface area (Å²) in [4.78, 5) is 42.7. The number of fused-ring (bicyclic) bond motifs is 1. The van der Waals surface area contributed by atoms with Gasteiger partial charge in [-0.05, 0) is 77.0 Å². The number of thiazole rings is 1. The van der Waals surface area contributed by atoms with Crippen molar-refractivity contribution in [3.8, 4) is 11.3 Å². The maximum absolute atomic E-state index is 13.6. The summed E-state index contributed by atoms with van der Waals surface area (Å²) in [7, 11) is 0. The second kappa shape index (κ2) is 13.3. The summed E-state index contributed by atoms with van der Waals surface area (Å²) in [5.41, 5.74) is 6.97. The fourth-order valence-corrected chi connectivity index (χ4v) is 6.40. The van der Waals surface area contributed by atoms with Crippen LogP contribution in [0.4, 0.5) is 4.79 Å². The molecule has 0 aliphatic carbocycles. The minimum atomic E-state index is -1.03. The molecular formula is C32H45N5O6S. The van der Waals surface area contributed by atoms with Crippen LogP contribution in [-0.2, 0) is 33.7 Å². The maximum atomic E-state index is 13.6. The van der Waals surface area contributed by atoms with Crippen LogP contribution in [0, 0.1) is 12.3 Å². The molecule has 240 valence electrons. The van der Waals surface area contributed by atoms with Crippen LogP contribution in [0.15, 0.2) is 23.6 Å². The van der Waals surface area contributed by atoms with Crippen molar-refractivity contribution in [2.24, 2.45) is 5.41 Å². The summed E-state index contributed by atoms with van der Waals surface area (Å²) in [5.74, 6) is -1.49. The van der Waals surface area contributed by atoms with Gasteiger partial charge in [0.25, 0.3) is 5.91 Å². The highest BCUT2D eigenvalue weighted by atomic mass is 32.1. The number of carbonyl (C=O) groups excluding carboxylic acids is 2. The molecule has 1 saturated heterocycles. The Morgan fingerprint density at radius 1 is 1.23 bits per heavy atom. The van der Waals surface area contributed by atoms with E-state index in [0.717, 1.165) is 35.1 Å². The van der Waals surface area contributed by atoms with E-state index in [2.05, 4.69) is 55.1 Å². The third-order valence-corrected chi connectivity index (χ3v) is 8.69. The Bertz CT molecular complexity index is 1520. The Hall–Kier alpha value is -3.48. The summed E-state index contributed by atoms with van der Waals surface area (Å²) in [5, 5.41) is 27.1. The van der Waals surface area contributed by atoms with E-state index in [1.165, 1.54) is 27.6 Å². The summed E-state index contributed by atoms with van der Waals surface area (Å²) >= 11 is 1.39. The summed E-state index contributed by atoms with van der Waals surface area (Å²) in [6, 6.07) is 4.39. The summed E-state index contributed by atoms with van der Waals surface area (Å²) in [6.45, 7) is 14.8. The molecule has 0 spiro atoms. The number of aliphatic hydroxyl groups excluding tert-OH is 1. The fraction of sp³-hybridized carbons (Fsp3) is 0.562. The molecule has 3 aromatic rings. The van der Waals surface area contributed by atoms with Crippen molar-refractivity contribution in [1.29, 1.82) is 0 Å². The second-order valence-corrected chi connectivity index (χ2v) is 14.2. The van der Waals surface area contributed by atoms with Gasteiger partial charge in [-0.15, -0.1) is 11.3 Å². The van der Waals surface area contributed by atoms with Crippen molar-refractivity contribution >= 4 is 40.2 Å². The first-order valence-corrected chi connectivity index (χ1v) is 16.0. The van der Waals surface area contributed by atoms with E-state index in [4.69, 9.17) is 9.72 Å². The van der Waals surface area contributed by atoms with Gasteiger partial charge in [0.2, 0.25) is 0 Å². The smallest absolute Gasteiger partial charge is 0.408 e. The Morgan fingerprint density at radius 2 is 1.95 bits per heavy atom. The molecule has 11 nitrogen and oxygen atoms in total. The molecule has 2 aromatic heterocycles. The number of benzene rings is 1. The Labute approximate surface area is 262 Å². The standard InChI is InChI=1S/C32H45N5O6S/c1-8-36-19(2)22(16-32(6,7)18-38)21-14-20(11-12-26(21)36)25-17-44-27(33-25)15-24(34-30(42)43-31(3,4)5)28(39)37-13-9-10-23(35-37)29(40)41/h11-12,14,17,23-24,35,38H,8-10,13,15-16,18H2,1-7H3,(H,34,42)(H,40,41)/t23-,24-/m0/s1. The molecule has 12 heteroatoms. The van der Waals surface area contributed by atoms with Gasteiger partial charge < -0.3 is 24.8 Å². The topological polar surface area (TPSA) is 146 Å². The van der Waals surface area contributed by atoms with Crippen molar-refractivity contribution in [3.05, 3.63) is 39.8 Å². The van der Waals surface area contributed by atoms with Gasteiger partial charge in [-0.1, -0.05) is 19.9 Å². The molecular weight excluding hydrogens is 582 g/mol. The van der Waals surface area contributed by atoms with Crippen LogP contribution in [0.5, 0.6) is 0 Å². The van der Waals surface area contributed by atoms with Gasteiger partial charge in [0, 0.05) is 53.7 Å². The molecule has 1 aliphatic heterocycles. The van der Waals surface area contributed by atoms with Gasteiger partial charge in [-0.25, -0.2) is 15.2 Å². The molecule has 4 N–H and O–H groups in total. The first-order valence-electron chi connectivity index (χ1n) is 15.1. The highest BCUT2D eigenvalue weighted by Gasteiger charge is 2.34. The number of aliphatic hydroxyl groups is 1. The third-order valence-electron chi connectivity index (χ3n) is 7.82. The number of ether oxygens (including phenoxy) is 1. The van der Waals surface area contributed by atoms with E-state index < -0.39 is 35.7 Å². The number of amides is 2. The summed E-state index contributed by atoms with van der Waals surface area (Å²) < 4.78 is 7.71. The number of carboxylic acid groups (broad SMARTS) is 1. The van der Waals surface area contributed by atoms with E-state index in [0.29, 0.717) is 24.4 Å². The van der Waals surface area contributed by atoms with Crippen LogP contribution in [0.1, 0.15) is 70.6 Å². The molecule has 0 unspecified atom stereocenters. The van der Waals surface area contributed by atoms with Gasteiger partial charge in [0.05, 0.1) is 10.7 Å². The van der Waals surface area contributed by atoms with Gasteiger partial charge in [0.15, 0.2) is 0 Å². The lowest BCUT2D eigenvalue weighted by Gasteiger charge is -2.34. The number of hydrazine groups is 1. The highest BCUT2D eigenvalue weighted by Crippen LogP contribution is 2.35. The number of nitrogens with one attached hydrogen (secondary N) is 2. The molecule has 2 amide bonds. The molecule has 0 saturated carbocycles. The zero-order valence-electron chi connectivity index (χ0n) is 26.7. The lowest BCUT2D eigenvalue weighted by Crippen LogP contribution is -2.60. The van der Waals surface area contributed by atoms with Gasteiger partial charge >= 0.3 is 12.1 Å². The molecule has 1 aliphatic rings. The van der Waals surface area contributed by atoms with Gasteiger partial charge in [0.1, 0.15) is 17.7 Å². The van der Waals surface area contributed by atoms with Crippen LogP contribution in [-0.4, -0.2) is 73.6 Å². The lowest BCUT2D eigenvalue weighted by atomic mass is 9.85. The van der Waals surface area contributed by atoms with Crippen LogP contribution in [0.25, 0.3) is 22.2 Å². The lowest BCUT2D eigenvalue weighted by molar-refractivity contribution is -0.147. The minimum Gasteiger partial charge on any atom is -0.480 e. The van der Waals surface area contributed by atoms with Gasteiger partial charge in [-0.3, -0.25) is 14.6 Å². The molecule has 44 heavy (non-hydrogen) atoms. The molecule has 1 fully saturated rings. The third kappa shape index (κ3) is 7.77. The average molecular weight is 628 g/mol. The van der Waals surface area contributed by atoms with E-state index in [1.54, 1.807) is 20.8 Å². The Balaban J connectivity index is 1.62. The first-order chi connectivity index (χ1) is 20.6. The number of rotatable bonds is 10. The van der Waals surface area contributed by atoms with Crippen LogP contribution < -0.4 is 10.7 Å². The number of aryl methyl sites for hydroxylation is 1. The van der Waals surface area contributed by atoms with Crippen molar-refractivity contribution in [2.75, 3.05) is 13.2 Å². The molecule has 0 radical (unpaired) electrons. The average Bonchev–Trinajstić information content (AvgIpc) is 3.52. The molecule has 3 heterocycles. The second-order valence-electron chi connectivity index (χ2n) is 13.2. The maximum Gasteiger partial charge on any atom is 0.408 e. The quantitative estimate of drug-likeness (QED) is 0.254. The normalized spacial score (nSPS) is 16.6. The summed E-state index contributed by atoms with van der Waals surface area (Å²) in [6.07, 6.45) is 1.04. The van der Waals surface area contributed by atoms with Crippen LogP contribution in [0.2, 0.25) is 0 Å². The molecule has 1 aromatic carbocycles. The number of aromatic nitrogens is 2. The number of aliphatic carboxylic acids is 1. The van der Waals surface area contributed by atoms with Crippen LogP contribution >= 0.6 is 11.3 Å². The number of hydrogen-bond donors (Lipinski definition) is 4. The Kier molecular flexibility index (Phi) is 10.1. The number of alkyl carbamates (subject to hydrolysis) is 1. The molecule has 2 atom stereocenters. The van der Waals surface area contributed by atoms with E-state index >= 15 is 0 Å². The Morgan fingerprint density at radius 3 is 2.59 bits per heavy atom. The minimum absolute atomic E-state index is 0.0848.